The van der Waals surface area contributed by atoms with Crippen LogP contribution in [0.4, 0.5) is 0 Å². The van der Waals surface area contributed by atoms with Gasteiger partial charge in [-0.1, -0.05) is 6.92 Å². The van der Waals surface area contributed by atoms with Crippen molar-refractivity contribution in [3.63, 3.8) is 0 Å². The fraction of sp³-hybridized carbons (Fsp3) is 0.889. The summed E-state index contributed by atoms with van der Waals surface area (Å²) in [5, 5.41) is 8.91. The van der Waals surface area contributed by atoms with Crippen LogP contribution in [0.5, 0.6) is 0 Å². The van der Waals surface area contributed by atoms with Crippen LogP contribution < -0.4 is 0 Å². The highest BCUT2D eigenvalue weighted by atomic mass is 16.4. The van der Waals surface area contributed by atoms with Gasteiger partial charge >= 0.3 is 5.97 Å². The topological polar surface area (TPSA) is 37.3 Å². The third-order valence-electron chi connectivity index (χ3n) is 3.62. The molecule has 2 aliphatic carbocycles. The maximum atomic E-state index is 10.8. The fourth-order valence-electron chi connectivity index (χ4n) is 3.01. The Balaban J connectivity index is 2.17. The van der Waals surface area contributed by atoms with Gasteiger partial charge in [-0.15, -0.1) is 0 Å². The molecule has 2 aliphatic rings. The standard InChI is InChI=1S/C9H14O2/c1-5-6-2-3-7(4-6)8(5)9(10)11/h5-8H,2-4H2,1H3,(H,10,11)/t5-,6+,7-,8+/m0/s1. The molecule has 2 bridgehead atoms. The molecule has 2 nitrogen and oxygen atoms in total. The van der Waals surface area contributed by atoms with Gasteiger partial charge in [-0.25, -0.2) is 0 Å². The molecule has 0 radical (unpaired) electrons. The van der Waals surface area contributed by atoms with E-state index in [2.05, 4.69) is 6.92 Å². The van der Waals surface area contributed by atoms with Gasteiger partial charge in [0.25, 0.3) is 0 Å². The maximum Gasteiger partial charge on any atom is 0.307 e. The number of fused-ring (bicyclic) bond motifs is 2. The van der Waals surface area contributed by atoms with Gasteiger partial charge in [0.2, 0.25) is 0 Å². The Morgan fingerprint density at radius 1 is 1.36 bits per heavy atom. The Morgan fingerprint density at radius 2 is 2.00 bits per heavy atom. The lowest BCUT2D eigenvalue weighted by molar-refractivity contribution is -0.145. The highest BCUT2D eigenvalue weighted by Crippen LogP contribution is 2.51. The zero-order valence-electron chi connectivity index (χ0n) is 6.79. The molecule has 0 saturated heterocycles. The first-order valence-electron chi connectivity index (χ1n) is 4.43. The van der Waals surface area contributed by atoms with Gasteiger partial charge in [-0.3, -0.25) is 4.79 Å². The van der Waals surface area contributed by atoms with Crippen LogP contribution >= 0.6 is 0 Å². The van der Waals surface area contributed by atoms with Crippen molar-refractivity contribution in [2.45, 2.75) is 26.2 Å². The van der Waals surface area contributed by atoms with E-state index in [1.807, 2.05) is 0 Å². The van der Waals surface area contributed by atoms with Crippen molar-refractivity contribution in [2.75, 3.05) is 0 Å². The minimum Gasteiger partial charge on any atom is -0.481 e. The van der Waals surface area contributed by atoms with Gasteiger partial charge in [-0.05, 0) is 37.0 Å². The van der Waals surface area contributed by atoms with Crippen molar-refractivity contribution >= 4 is 5.97 Å². The van der Waals surface area contributed by atoms with Crippen molar-refractivity contribution in [3.05, 3.63) is 0 Å². The average Bonchev–Trinajstić information content (AvgIpc) is 2.44. The SMILES string of the molecule is C[C@H]1[C@@H]2CC[C@@H](C2)[C@@H]1C(=O)O. The average molecular weight is 154 g/mol. The third kappa shape index (κ3) is 0.883. The molecular formula is C9H14O2. The smallest absolute Gasteiger partial charge is 0.307 e. The lowest BCUT2D eigenvalue weighted by Crippen LogP contribution is -2.27. The molecule has 2 rings (SSSR count). The molecule has 1 N–H and O–H groups in total. The molecular weight excluding hydrogens is 140 g/mol. The lowest BCUT2D eigenvalue weighted by atomic mass is 9.81. The number of hydrogen-bond donors (Lipinski definition) is 1. The summed E-state index contributed by atoms with van der Waals surface area (Å²) in [7, 11) is 0. The van der Waals surface area contributed by atoms with E-state index in [1.165, 1.54) is 12.8 Å². The quantitative estimate of drug-likeness (QED) is 0.624. The molecule has 0 amide bonds. The summed E-state index contributed by atoms with van der Waals surface area (Å²) in [5.41, 5.74) is 0. The van der Waals surface area contributed by atoms with Crippen LogP contribution in [-0.4, -0.2) is 11.1 Å². The van der Waals surface area contributed by atoms with Crippen LogP contribution in [0.2, 0.25) is 0 Å². The summed E-state index contributed by atoms with van der Waals surface area (Å²) < 4.78 is 0. The molecule has 4 atom stereocenters. The predicted molar refractivity (Wildman–Crippen MR) is 41.1 cm³/mol. The van der Waals surface area contributed by atoms with Gasteiger partial charge in [0.05, 0.1) is 5.92 Å². The second-order valence-electron chi connectivity index (χ2n) is 4.06. The molecule has 2 heteroatoms. The summed E-state index contributed by atoms with van der Waals surface area (Å²) >= 11 is 0. The zero-order chi connectivity index (χ0) is 8.01. The molecule has 2 saturated carbocycles. The molecule has 2 fully saturated rings. The van der Waals surface area contributed by atoms with Crippen LogP contribution in [-0.2, 0) is 4.79 Å². The van der Waals surface area contributed by atoms with Gasteiger partial charge in [0, 0.05) is 0 Å². The van der Waals surface area contributed by atoms with E-state index in [9.17, 15) is 4.79 Å². The van der Waals surface area contributed by atoms with Gasteiger partial charge in [0.1, 0.15) is 0 Å². The molecule has 0 unspecified atom stereocenters. The second-order valence-corrected chi connectivity index (χ2v) is 4.06. The Labute approximate surface area is 66.6 Å². The first-order chi connectivity index (χ1) is 5.20. The molecule has 0 aliphatic heterocycles. The van der Waals surface area contributed by atoms with Gasteiger partial charge < -0.3 is 5.11 Å². The number of hydrogen-bond acceptors (Lipinski definition) is 1. The van der Waals surface area contributed by atoms with E-state index in [0.29, 0.717) is 11.8 Å². The number of carboxylic acid groups (broad SMARTS) is 1. The van der Waals surface area contributed by atoms with Crippen LogP contribution in [0.25, 0.3) is 0 Å². The predicted octanol–water partition coefficient (Wildman–Crippen LogP) is 1.75. The Hall–Kier alpha value is -0.530. The highest BCUT2D eigenvalue weighted by Gasteiger charge is 2.48. The summed E-state index contributed by atoms with van der Waals surface area (Å²) in [6, 6.07) is 0. The van der Waals surface area contributed by atoms with Crippen molar-refractivity contribution < 1.29 is 9.90 Å². The minimum absolute atomic E-state index is 0.0197. The normalized spacial score (nSPS) is 48.1. The number of carbonyl (C=O) groups is 1. The van der Waals surface area contributed by atoms with E-state index in [4.69, 9.17) is 5.11 Å². The van der Waals surface area contributed by atoms with Crippen LogP contribution in [0.3, 0.4) is 0 Å². The molecule has 0 spiro atoms. The van der Waals surface area contributed by atoms with E-state index >= 15 is 0 Å². The van der Waals surface area contributed by atoms with Crippen LogP contribution in [0, 0.1) is 23.7 Å². The molecule has 0 aromatic rings. The largest absolute Gasteiger partial charge is 0.481 e. The monoisotopic (exact) mass is 154 g/mol. The molecule has 62 valence electrons. The lowest BCUT2D eigenvalue weighted by Gasteiger charge is -2.24. The zero-order valence-corrected chi connectivity index (χ0v) is 6.79. The maximum absolute atomic E-state index is 10.8. The van der Waals surface area contributed by atoms with Crippen LogP contribution in [0.15, 0.2) is 0 Å². The van der Waals surface area contributed by atoms with E-state index in [0.717, 1.165) is 12.3 Å². The molecule has 11 heavy (non-hydrogen) atoms. The summed E-state index contributed by atoms with van der Waals surface area (Å²) in [5.74, 6) is 1.08. The summed E-state index contributed by atoms with van der Waals surface area (Å²) in [6.07, 6.45) is 3.61. The Bertz CT molecular complexity index is 186. The molecule has 0 heterocycles. The minimum atomic E-state index is -0.565. The summed E-state index contributed by atoms with van der Waals surface area (Å²) in [6.45, 7) is 2.10. The number of rotatable bonds is 1. The summed E-state index contributed by atoms with van der Waals surface area (Å²) in [4.78, 5) is 10.8. The van der Waals surface area contributed by atoms with Gasteiger partial charge in [0.15, 0.2) is 0 Å². The van der Waals surface area contributed by atoms with Crippen molar-refractivity contribution in [3.8, 4) is 0 Å². The first-order valence-corrected chi connectivity index (χ1v) is 4.43. The van der Waals surface area contributed by atoms with E-state index < -0.39 is 5.97 Å². The Morgan fingerprint density at radius 3 is 2.36 bits per heavy atom. The van der Waals surface area contributed by atoms with Crippen molar-refractivity contribution in [1.82, 2.24) is 0 Å². The van der Waals surface area contributed by atoms with Crippen LogP contribution in [0.1, 0.15) is 26.2 Å². The van der Waals surface area contributed by atoms with E-state index in [-0.39, 0.29) is 5.92 Å². The van der Waals surface area contributed by atoms with Gasteiger partial charge in [-0.2, -0.15) is 0 Å². The van der Waals surface area contributed by atoms with Crippen molar-refractivity contribution in [2.24, 2.45) is 23.7 Å². The third-order valence-corrected chi connectivity index (χ3v) is 3.62. The van der Waals surface area contributed by atoms with E-state index in [1.54, 1.807) is 0 Å². The Kier molecular flexibility index (Phi) is 1.44. The molecule has 0 aromatic carbocycles. The number of aliphatic carboxylic acids is 1. The fourth-order valence-corrected chi connectivity index (χ4v) is 3.01. The molecule has 0 aromatic heterocycles. The second kappa shape index (κ2) is 2.23. The number of carboxylic acids is 1. The first kappa shape index (κ1) is 7.14. The highest BCUT2D eigenvalue weighted by molar-refractivity contribution is 5.71. The van der Waals surface area contributed by atoms with Crippen molar-refractivity contribution in [1.29, 1.82) is 0 Å².